The lowest BCUT2D eigenvalue weighted by atomic mass is 10.0. The van der Waals surface area contributed by atoms with Crippen molar-refractivity contribution in [2.24, 2.45) is 0 Å². The topological polar surface area (TPSA) is 99.9 Å². The van der Waals surface area contributed by atoms with Crippen molar-refractivity contribution < 1.29 is 23.9 Å². The van der Waals surface area contributed by atoms with Crippen molar-refractivity contribution in [1.29, 1.82) is 0 Å². The molecule has 0 saturated carbocycles. The molecule has 0 bridgehead atoms. The van der Waals surface area contributed by atoms with E-state index in [4.69, 9.17) is 4.42 Å². The Morgan fingerprint density at radius 1 is 1.21 bits per heavy atom. The van der Waals surface area contributed by atoms with Crippen LogP contribution in [0.3, 0.4) is 0 Å². The second-order valence-corrected chi connectivity index (χ2v) is 6.83. The summed E-state index contributed by atoms with van der Waals surface area (Å²) in [5, 5.41) is 12.2. The van der Waals surface area contributed by atoms with Crippen LogP contribution in [0.1, 0.15) is 63.2 Å². The highest BCUT2D eigenvalue weighted by Gasteiger charge is 2.31. The van der Waals surface area contributed by atoms with Crippen LogP contribution in [0.4, 0.5) is 0 Å². The minimum atomic E-state index is -1.11. The lowest BCUT2D eigenvalue weighted by Gasteiger charge is -2.35. The van der Waals surface area contributed by atoms with Gasteiger partial charge in [-0.05, 0) is 31.4 Å². The van der Waals surface area contributed by atoms with E-state index in [0.717, 1.165) is 19.3 Å². The molecule has 1 saturated heterocycles. The molecule has 1 aliphatic rings. The first-order chi connectivity index (χ1) is 13.5. The fourth-order valence-electron chi connectivity index (χ4n) is 3.50. The van der Waals surface area contributed by atoms with Gasteiger partial charge in [0.15, 0.2) is 5.76 Å². The third-order valence-corrected chi connectivity index (χ3v) is 4.99. The van der Waals surface area contributed by atoms with E-state index in [1.54, 1.807) is 36.1 Å². The van der Waals surface area contributed by atoms with E-state index in [-0.39, 0.29) is 29.2 Å². The summed E-state index contributed by atoms with van der Waals surface area (Å²) in [6.07, 6.45) is 3.00. The van der Waals surface area contributed by atoms with Crippen LogP contribution in [-0.2, 0) is 6.42 Å². The predicted octanol–water partition coefficient (Wildman–Crippen LogP) is 2.96. The Labute approximate surface area is 163 Å². The number of likely N-dealkylation sites (tertiary alicyclic amines) is 1. The fourth-order valence-corrected chi connectivity index (χ4v) is 3.50. The lowest BCUT2D eigenvalue weighted by molar-refractivity contribution is 0.0569. The van der Waals surface area contributed by atoms with E-state index < -0.39 is 5.97 Å². The van der Waals surface area contributed by atoms with E-state index >= 15 is 0 Å². The highest BCUT2D eigenvalue weighted by molar-refractivity contribution is 5.97. The number of piperidine rings is 1. The van der Waals surface area contributed by atoms with Crippen LogP contribution in [-0.4, -0.2) is 46.9 Å². The molecule has 1 aromatic carbocycles. The average Bonchev–Trinajstić information content (AvgIpc) is 3.17. The molecular formula is C21H24N2O5. The molecule has 1 fully saturated rings. The van der Waals surface area contributed by atoms with Crippen molar-refractivity contribution in [3.63, 3.8) is 0 Å². The molecule has 2 aromatic rings. The Morgan fingerprint density at radius 3 is 2.61 bits per heavy atom. The van der Waals surface area contributed by atoms with Gasteiger partial charge in [0.2, 0.25) is 0 Å². The van der Waals surface area contributed by atoms with Crippen LogP contribution in [0.5, 0.6) is 0 Å². The van der Waals surface area contributed by atoms with Gasteiger partial charge in [-0.25, -0.2) is 4.79 Å². The summed E-state index contributed by atoms with van der Waals surface area (Å²) in [4.78, 5) is 38.3. The second-order valence-electron chi connectivity index (χ2n) is 6.83. The van der Waals surface area contributed by atoms with Gasteiger partial charge in [0, 0.05) is 37.2 Å². The zero-order valence-corrected chi connectivity index (χ0v) is 15.8. The standard InChI is InChI=1S/C21H24N2O5/c1-2-17-16(21(26)27)12-18(28-17)20(25)23-11-7-6-10-15(23)13-22-19(24)14-8-4-3-5-9-14/h3-5,8-9,12,15H,2,6-7,10-11,13H2,1H3,(H,22,24)(H,26,27). The largest absolute Gasteiger partial charge is 0.478 e. The molecule has 7 nitrogen and oxygen atoms in total. The molecular weight excluding hydrogens is 360 g/mol. The van der Waals surface area contributed by atoms with E-state index in [1.165, 1.54) is 6.07 Å². The van der Waals surface area contributed by atoms with Gasteiger partial charge in [-0.1, -0.05) is 25.1 Å². The van der Waals surface area contributed by atoms with Crippen LogP contribution >= 0.6 is 0 Å². The number of amides is 2. The van der Waals surface area contributed by atoms with Crippen molar-refractivity contribution in [3.05, 3.63) is 59.0 Å². The minimum Gasteiger partial charge on any atom is -0.478 e. The van der Waals surface area contributed by atoms with Crippen molar-refractivity contribution in [2.75, 3.05) is 13.1 Å². The first kappa shape index (κ1) is 19.7. The Kier molecular flexibility index (Phi) is 6.13. The van der Waals surface area contributed by atoms with Crippen molar-refractivity contribution in [1.82, 2.24) is 10.2 Å². The number of nitrogens with one attached hydrogen (secondary N) is 1. The molecule has 2 N–H and O–H groups in total. The van der Waals surface area contributed by atoms with Gasteiger partial charge in [-0.3, -0.25) is 9.59 Å². The SMILES string of the molecule is CCc1oc(C(=O)N2CCCCC2CNC(=O)c2ccccc2)cc1C(=O)O. The Morgan fingerprint density at radius 2 is 1.96 bits per heavy atom. The summed E-state index contributed by atoms with van der Waals surface area (Å²) in [6.45, 7) is 2.67. The third kappa shape index (κ3) is 4.24. The molecule has 2 heterocycles. The van der Waals surface area contributed by atoms with Gasteiger partial charge in [0.1, 0.15) is 11.3 Å². The fraction of sp³-hybridized carbons (Fsp3) is 0.381. The molecule has 148 valence electrons. The van der Waals surface area contributed by atoms with Crippen molar-refractivity contribution in [2.45, 2.75) is 38.6 Å². The highest BCUT2D eigenvalue weighted by atomic mass is 16.4. The maximum atomic E-state index is 13.0. The van der Waals surface area contributed by atoms with Crippen LogP contribution < -0.4 is 5.32 Å². The smallest absolute Gasteiger partial charge is 0.339 e. The zero-order valence-electron chi connectivity index (χ0n) is 15.8. The molecule has 7 heteroatoms. The monoisotopic (exact) mass is 384 g/mol. The molecule has 1 unspecified atom stereocenters. The number of carboxylic acid groups (broad SMARTS) is 1. The maximum Gasteiger partial charge on any atom is 0.339 e. The zero-order chi connectivity index (χ0) is 20.1. The molecule has 1 atom stereocenters. The number of aromatic carboxylic acids is 1. The maximum absolute atomic E-state index is 13.0. The van der Waals surface area contributed by atoms with Crippen LogP contribution in [0, 0.1) is 0 Å². The van der Waals surface area contributed by atoms with Gasteiger partial charge < -0.3 is 19.7 Å². The molecule has 2 amide bonds. The van der Waals surface area contributed by atoms with E-state index in [9.17, 15) is 19.5 Å². The molecule has 0 aliphatic carbocycles. The summed E-state index contributed by atoms with van der Waals surface area (Å²) in [5.74, 6) is -1.29. The van der Waals surface area contributed by atoms with Gasteiger partial charge in [-0.15, -0.1) is 0 Å². The van der Waals surface area contributed by atoms with Gasteiger partial charge >= 0.3 is 5.97 Å². The van der Waals surface area contributed by atoms with Crippen LogP contribution in [0.15, 0.2) is 40.8 Å². The Balaban J connectivity index is 1.71. The van der Waals surface area contributed by atoms with Gasteiger partial charge in [0.05, 0.1) is 0 Å². The minimum absolute atomic E-state index is 0.0248. The number of rotatable bonds is 6. The number of aryl methyl sites for hydroxylation is 1. The summed E-state index contributed by atoms with van der Waals surface area (Å²) in [7, 11) is 0. The number of nitrogens with zero attached hydrogens (tertiary/aromatic N) is 1. The van der Waals surface area contributed by atoms with Gasteiger partial charge in [0.25, 0.3) is 11.8 Å². The second kappa shape index (κ2) is 8.73. The molecule has 3 rings (SSSR count). The summed E-state index contributed by atoms with van der Waals surface area (Å²) in [6, 6.07) is 10.1. The number of furan rings is 1. The molecule has 0 spiro atoms. The Hall–Kier alpha value is -3.09. The van der Waals surface area contributed by atoms with Gasteiger partial charge in [-0.2, -0.15) is 0 Å². The third-order valence-electron chi connectivity index (χ3n) is 4.99. The van der Waals surface area contributed by atoms with E-state index in [0.29, 0.717) is 30.8 Å². The van der Waals surface area contributed by atoms with E-state index in [2.05, 4.69) is 5.32 Å². The molecule has 28 heavy (non-hydrogen) atoms. The van der Waals surface area contributed by atoms with Crippen molar-refractivity contribution in [3.8, 4) is 0 Å². The first-order valence-electron chi connectivity index (χ1n) is 9.51. The summed E-state index contributed by atoms with van der Waals surface area (Å²) >= 11 is 0. The van der Waals surface area contributed by atoms with Crippen LogP contribution in [0.2, 0.25) is 0 Å². The molecule has 1 aromatic heterocycles. The number of hydrogen-bond donors (Lipinski definition) is 2. The molecule has 0 radical (unpaired) electrons. The van der Waals surface area contributed by atoms with Crippen LogP contribution in [0.25, 0.3) is 0 Å². The molecule has 1 aliphatic heterocycles. The lowest BCUT2D eigenvalue weighted by Crippen LogP contribution is -2.49. The normalized spacial score (nSPS) is 16.6. The number of carbonyl (C=O) groups excluding carboxylic acids is 2. The quantitative estimate of drug-likeness (QED) is 0.798. The highest BCUT2D eigenvalue weighted by Crippen LogP contribution is 2.23. The summed E-state index contributed by atoms with van der Waals surface area (Å²) in [5.41, 5.74) is 0.595. The number of carboxylic acids is 1. The Bertz CT molecular complexity index is 859. The average molecular weight is 384 g/mol. The van der Waals surface area contributed by atoms with E-state index in [1.807, 2.05) is 6.07 Å². The predicted molar refractivity (Wildman–Crippen MR) is 102 cm³/mol. The van der Waals surface area contributed by atoms with Crippen molar-refractivity contribution >= 4 is 17.8 Å². The number of hydrogen-bond acceptors (Lipinski definition) is 4. The first-order valence-corrected chi connectivity index (χ1v) is 9.51. The number of benzene rings is 1. The summed E-state index contributed by atoms with van der Waals surface area (Å²) < 4.78 is 5.52. The number of carbonyl (C=O) groups is 3.